The van der Waals surface area contributed by atoms with E-state index in [-0.39, 0.29) is 35.3 Å². The number of guanidine groups is 1. The Balaban J connectivity index is 0.00000385. The van der Waals surface area contributed by atoms with Crippen LogP contribution in [-0.4, -0.2) is 75.8 Å². The van der Waals surface area contributed by atoms with Crippen molar-refractivity contribution >= 4 is 35.8 Å². The molecule has 1 aliphatic carbocycles. The third-order valence-corrected chi connectivity index (χ3v) is 6.49. The van der Waals surface area contributed by atoms with Crippen LogP contribution in [-0.2, 0) is 4.74 Å². The predicted molar refractivity (Wildman–Crippen MR) is 143 cm³/mol. The number of nitrogens with zero attached hydrogens (tertiary/aromatic N) is 2. The molecule has 0 spiro atoms. The van der Waals surface area contributed by atoms with E-state index in [0.29, 0.717) is 12.3 Å². The fourth-order valence-corrected chi connectivity index (χ4v) is 4.67. The molecule has 0 aromatic carbocycles. The van der Waals surface area contributed by atoms with E-state index in [0.717, 1.165) is 70.4 Å². The number of aryl methyl sites for hydroxylation is 1. The predicted octanol–water partition coefficient (Wildman–Crippen LogP) is 3.16. The molecule has 33 heavy (non-hydrogen) atoms. The normalized spacial score (nSPS) is 18.9. The Bertz CT molecular complexity index is 727. The van der Waals surface area contributed by atoms with Crippen molar-refractivity contribution in [2.45, 2.75) is 52.4 Å². The summed E-state index contributed by atoms with van der Waals surface area (Å²) >= 11 is 0. The molecular formula is C24H42IN5O3. The molecule has 2 fully saturated rings. The Morgan fingerprint density at radius 2 is 1.85 bits per heavy atom. The minimum Gasteiger partial charge on any atom is -0.459 e. The van der Waals surface area contributed by atoms with Gasteiger partial charge in [-0.1, -0.05) is 19.3 Å². The first-order valence-electron chi connectivity index (χ1n) is 12.3. The highest BCUT2D eigenvalue weighted by Gasteiger charge is 2.34. The minimum atomic E-state index is -0.157. The second-order valence-electron chi connectivity index (χ2n) is 9.11. The zero-order valence-corrected chi connectivity index (χ0v) is 22.6. The Morgan fingerprint density at radius 3 is 2.52 bits per heavy atom. The second kappa shape index (κ2) is 14.8. The van der Waals surface area contributed by atoms with Gasteiger partial charge in [0.05, 0.1) is 19.5 Å². The summed E-state index contributed by atoms with van der Waals surface area (Å²) in [7, 11) is 0. The molecule has 0 atom stereocenters. The van der Waals surface area contributed by atoms with E-state index in [9.17, 15) is 4.79 Å². The Kier molecular flexibility index (Phi) is 12.5. The van der Waals surface area contributed by atoms with Crippen LogP contribution >= 0.6 is 24.0 Å². The zero-order chi connectivity index (χ0) is 22.7. The van der Waals surface area contributed by atoms with Crippen LogP contribution in [0.2, 0.25) is 0 Å². The van der Waals surface area contributed by atoms with Crippen LogP contribution in [0.25, 0.3) is 0 Å². The second-order valence-corrected chi connectivity index (χ2v) is 9.11. The standard InChI is InChI=1S/C24H41N5O3.HI/c1-3-25-23(27-12-7-11-26-22(30)21-20(2)8-15-32-21)28-18-24(9-5-4-6-10-24)19-29-13-16-31-17-14-29;/h8,15H,3-7,9-14,16-19H2,1-2H3,(H,26,30)(H2,25,27,28);1H. The van der Waals surface area contributed by atoms with Gasteiger partial charge >= 0.3 is 0 Å². The first-order chi connectivity index (χ1) is 15.6. The molecule has 0 unspecified atom stereocenters. The summed E-state index contributed by atoms with van der Waals surface area (Å²) in [6, 6.07) is 1.80. The van der Waals surface area contributed by atoms with Crippen LogP contribution < -0.4 is 16.0 Å². The molecule has 3 rings (SSSR count). The summed E-state index contributed by atoms with van der Waals surface area (Å²) in [6.07, 6.45) is 8.82. The highest BCUT2D eigenvalue weighted by Crippen LogP contribution is 2.37. The van der Waals surface area contributed by atoms with Crippen LogP contribution in [0.15, 0.2) is 21.7 Å². The molecule has 1 saturated carbocycles. The van der Waals surface area contributed by atoms with Crippen LogP contribution in [0.1, 0.15) is 61.6 Å². The summed E-state index contributed by atoms with van der Waals surface area (Å²) in [6.45, 7) is 11.9. The SMILES string of the molecule is CCNC(=NCC1(CN2CCOCC2)CCCCC1)NCCCNC(=O)c1occc1C.I. The van der Waals surface area contributed by atoms with Gasteiger partial charge in [-0.2, -0.15) is 0 Å². The van der Waals surface area contributed by atoms with Gasteiger partial charge in [0.2, 0.25) is 0 Å². The molecule has 0 radical (unpaired) electrons. The quantitative estimate of drug-likeness (QED) is 0.172. The average Bonchev–Trinajstić information content (AvgIpc) is 3.24. The number of hydrogen-bond donors (Lipinski definition) is 3. The number of aliphatic imine (C=N–C) groups is 1. The van der Waals surface area contributed by atoms with Gasteiger partial charge in [-0.3, -0.25) is 14.7 Å². The van der Waals surface area contributed by atoms with Gasteiger partial charge in [-0.05, 0) is 39.2 Å². The van der Waals surface area contributed by atoms with Crippen LogP contribution in [0, 0.1) is 12.3 Å². The van der Waals surface area contributed by atoms with Gasteiger partial charge in [0, 0.05) is 56.8 Å². The third kappa shape index (κ3) is 9.09. The Hall–Kier alpha value is -1.33. The van der Waals surface area contributed by atoms with Crippen molar-refractivity contribution < 1.29 is 13.9 Å². The van der Waals surface area contributed by atoms with Gasteiger partial charge in [-0.25, -0.2) is 0 Å². The molecule has 188 valence electrons. The van der Waals surface area contributed by atoms with Gasteiger partial charge in [-0.15, -0.1) is 24.0 Å². The van der Waals surface area contributed by atoms with Crippen molar-refractivity contribution in [2.75, 3.05) is 59.0 Å². The third-order valence-electron chi connectivity index (χ3n) is 6.49. The van der Waals surface area contributed by atoms with E-state index < -0.39 is 0 Å². The number of nitrogens with one attached hydrogen (secondary N) is 3. The fraction of sp³-hybridized carbons (Fsp3) is 0.750. The topological polar surface area (TPSA) is 91.1 Å². The van der Waals surface area contributed by atoms with Crippen molar-refractivity contribution in [1.29, 1.82) is 0 Å². The molecule has 1 aromatic rings. The maximum Gasteiger partial charge on any atom is 0.287 e. The number of amides is 1. The van der Waals surface area contributed by atoms with Gasteiger partial charge in [0.15, 0.2) is 11.7 Å². The lowest BCUT2D eigenvalue weighted by Gasteiger charge is -2.41. The molecule has 8 nitrogen and oxygen atoms in total. The van der Waals surface area contributed by atoms with Crippen LogP contribution in [0.5, 0.6) is 0 Å². The highest BCUT2D eigenvalue weighted by molar-refractivity contribution is 14.0. The van der Waals surface area contributed by atoms with Crippen molar-refractivity contribution in [3.05, 3.63) is 23.7 Å². The number of halogens is 1. The molecule has 1 amide bonds. The zero-order valence-electron chi connectivity index (χ0n) is 20.3. The highest BCUT2D eigenvalue weighted by atomic mass is 127. The van der Waals surface area contributed by atoms with E-state index in [1.54, 1.807) is 12.3 Å². The molecule has 1 aromatic heterocycles. The Labute approximate surface area is 215 Å². The molecule has 1 aliphatic heterocycles. The summed E-state index contributed by atoms with van der Waals surface area (Å²) < 4.78 is 10.8. The van der Waals surface area contributed by atoms with E-state index in [2.05, 4.69) is 27.8 Å². The fourth-order valence-electron chi connectivity index (χ4n) is 4.67. The molecular weight excluding hydrogens is 533 g/mol. The number of hydrogen-bond acceptors (Lipinski definition) is 5. The number of rotatable bonds is 10. The maximum absolute atomic E-state index is 12.1. The summed E-state index contributed by atoms with van der Waals surface area (Å²) in [5.41, 5.74) is 1.13. The van der Waals surface area contributed by atoms with Crippen molar-refractivity contribution in [1.82, 2.24) is 20.9 Å². The van der Waals surface area contributed by atoms with Gasteiger partial charge in [0.25, 0.3) is 5.91 Å². The molecule has 2 aliphatic rings. The van der Waals surface area contributed by atoms with E-state index in [1.165, 1.54) is 32.1 Å². The maximum atomic E-state index is 12.1. The molecule has 3 N–H and O–H groups in total. The lowest BCUT2D eigenvalue weighted by molar-refractivity contribution is 0.00937. The van der Waals surface area contributed by atoms with Crippen LogP contribution in [0.3, 0.4) is 0 Å². The number of carbonyl (C=O) groups excluding carboxylic acids is 1. The average molecular weight is 576 g/mol. The molecule has 9 heteroatoms. The first kappa shape index (κ1) is 27.9. The van der Waals surface area contributed by atoms with E-state index in [1.807, 2.05) is 6.92 Å². The lowest BCUT2D eigenvalue weighted by Crippen LogP contribution is -2.46. The van der Waals surface area contributed by atoms with E-state index >= 15 is 0 Å². The number of ether oxygens (including phenoxy) is 1. The monoisotopic (exact) mass is 575 g/mol. The number of furan rings is 1. The van der Waals surface area contributed by atoms with Crippen LogP contribution in [0.4, 0.5) is 0 Å². The van der Waals surface area contributed by atoms with Gasteiger partial charge in [0.1, 0.15) is 0 Å². The van der Waals surface area contributed by atoms with Gasteiger partial charge < -0.3 is 25.1 Å². The number of carbonyl (C=O) groups is 1. The summed E-state index contributed by atoms with van der Waals surface area (Å²) in [4.78, 5) is 19.7. The van der Waals surface area contributed by atoms with Crippen molar-refractivity contribution in [3.63, 3.8) is 0 Å². The summed E-state index contributed by atoms with van der Waals surface area (Å²) in [5.74, 6) is 1.11. The number of morpholine rings is 1. The lowest BCUT2D eigenvalue weighted by atomic mass is 9.73. The molecule has 1 saturated heterocycles. The smallest absolute Gasteiger partial charge is 0.287 e. The molecule has 0 bridgehead atoms. The Morgan fingerprint density at radius 1 is 1.12 bits per heavy atom. The van der Waals surface area contributed by atoms with E-state index in [4.69, 9.17) is 14.1 Å². The minimum absolute atomic E-state index is 0. The van der Waals surface area contributed by atoms with Crippen molar-refractivity contribution in [2.24, 2.45) is 10.4 Å². The van der Waals surface area contributed by atoms with Crippen molar-refractivity contribution in [3.8, 4) is 0 Å². The first-order valence-corrected chi connectivity index (χ1v) is 12.3. The largest absolute Gasteiger partial charge is 0.459 e. The summed E-state index contributed by atoms with van der Waals surface area (Å²) in [5, 5.41) is 9.73. The molecule has 2 heterocycles.